The lowest BCUT2D eigenvalue weighted by Gasteiger charge is -2.30. The summed E-state index contributed by atoms with van der Waals surface area (Å²) in [6, 6.07) is 9.87. The Bertz CT molecular complexity index is 465. The summed E-state index contributed by atoms with van der Waals surface area (Å²) < 4.78 is 0. The van der Waals surface area contributed by atoms with E-state index in [4.69, 9.17) is 0 Å². The molecular formula is C18H32Cl2N4O. The first-order chi connectivity index (χ1) is 11.3. The third-order valence-electron chi connectivity index (χ3n) is 4.48. The van der Waals surface area contributed by atoms with Crippen LogP contribution in [0.4, 0.5) is 0 Å². The smallest absolute Gasteiger partial charge is 0.242 e. The van der Waals surface area contributed by atoms with E-state index >= 15 is 0 Å². The third kappa shape index (κ3) is 7.50. The Morgan fingerprint density at radius 3 is 2.32 bits per heavy atom. The summed E-state index contributed by atoms with van der Waals surface area (Å²) in [5.41, 5.74) is 1.07. The summed E-state index contributed by atoms with van der Waals surface area (Å²) in [5, 5.41) is 6.48. The molecule has 1 aliphatic rings. The van der Waals surface area contributed by atoms with Crippen LogP contribution in [0.25, 0.3) is 0 Å². The molecular weight excluding hydrogens is 359 g/mol. The zero-order chi connectivity index (χ0) is 16.5. The van der Waals surface area contributed by atoms with Crippen LogP contribution in [0.1, 0.15) is 25.5 Å². The topological polar surface area (TPSA) is 47.6 Å². The molecule has 2 N–H and O–H groups in total. The maximum Gasteiger partial charge on any atom is 0.242 e. The van der Waals surface area contributed by atoms with E-state index in [0.717, 1.165) is 51.4 Å². The van der Waals surface area contributed by atoms with Crippen molar-refractivity contribution >= 4 is 30.7 Å². The lowest BCUT2D eigenvalue weighted by molar-refractivity contribution is -0.126. The van der Waals surface area contributed by atoms with Gasteiger partial charge in [0.1, 0.15) is 6.04 Å². The SMILES string of the molecule is CCN(CC)C(C(=O)NCCN1CCNCC1)c1ccccc1.Cl.Cl. The minimum Gasteiger partial charge on any atom is -0.353 e. The summed E-state index contributed by atoms with van der Waals surface area (Å²) in [6.45, 7) is 11.8. The Morgan fingerprint density at radius 1 is 1.16 bits per heavy atom. The Hall–Kier alpha value is -0.850. The second-order valence-corrected chi connectivity index (χ2v) is 5.92. The lowest BCUT2D eigenvalue weighted by Crippen LogP contribution is -2.47. The quantitative estimate of drug-likeness (QED) is 0.711. The molecule has 1 aromatic carbocycles. The molecule has 1 unspecified atom stereocenters. The Labute approximate surface area is 164 Å². The van der Waals surface area contributed by atoms with Crippen molar-refractivity contribution < 1.29 is 4.79 Å². The molecule has 7 heteroatoms. The molecule has 0 spiro atoms. The maximum atomic E-state index is 12.8. The van der Waals surface area contributed by atoms with E-state index in [2.05, 4.69) is 34.3 Å². The van der Waals surface area contributed by atoms with Gasteiger partial charge in [0.2, 0.25) is 5.91 Å². The highest BCUT2D eigenvalue weighted by Gasteiger charge is 2.25. The van der Waals surface area contributed by atoms with Gasteiger partial charge in [-0.05, 0) is 18.7 Å². The summed E-state index contributed by atoms with van der Waals surface area (Å²) in [7, 11) is 0. The summed E-state index contributed by atoms with van der Waals surface area (Å²) in [5.74, 6) is 0.107. The number of amides is 1. The molecule has 25 heavy (non-hydrogen) atoms. The number of hydrogen-bond acceptors (Lipinski definition) is 4. The number of carbonyl (C=O) groups excluding carboxylic acids is 1. The maximum absolute atomic E-state index is 12.8. The van der Waals surface area contributed by atoms with Crippen LogP contribution in [0, 0.1) is 0 Å². The highest BCUT2D eigenvalue weighted by atomic mass is 35.5. The summed E-state index contributed by atoms with van der Waals surface area (Å²) >= 11 is 0. The van der Waals surface area contributed by atoms with Gasteiger partial charge in [0.05, 0.1) is 0 Å². The van der Waals surface area contributed by atoms with Crippen molar-refractivity contribution in [3.8, 4) is 0 Å². The predicted octanol–water partition coefficient (Wildman–Crippen LogP) is 1.93. The van der Waals surface area contributed by atoms with E-state index in [1.54, 1.807) is 0 Å². The van der Waals surface area contributed by atoms with Crippen LogP contribution < -0.4 is 10.6 Å². The molecule has 144 valence electrons. The van der Waals surface area contributed by atoms with E-state index in [0.29, 0.717) is 6.54 Å². The first-order valence-corrected chi connectivity index (χ1v) is 8.76. The average Bonchev–Trinajstić information content (AvgIpc) is 2.61. The molecule has 1 aromatic rings. The second kappa shape index (κ2) is 13.4. The van der Waals surface area contributed by atoms with Gasteiger partial charge in [0.15, 0.2) is 0 Å². The first kappa shape index (κ1) is 24.1. The largest absolute Gasteiger partial charge is 0.353 e. The normalized spacial score (nSPS) is 15.8. The fourth-order valence-electron chi connectivity index (χ4n) is 3.12. The molecule has 2 rings (SSSR count). The Morgan fingerprint density at radius 2 is 1.76 bits per heavy atom. The number of piperazine rings is 1. The van der Waals surface area contributed by atoms with Crippen LogP contribution in [0.3, 0.4) is 0 Å². The second-order valence-electron chi connectivity index (χ2n) is 5.92. The van der Waals surface area contributed by atoms with E-state index in [1.807, 2.05) is 30.3 Å². The van der Waals surface area contributed by atoms with Gasteiger partial charge in [-0.15, -0.1) is 24.8 Å². The van der Waals surface area contributed by atoms with Crippen molar-refractivity contribution in [1.29, 1.82) is 0 Å². The fourth-order valence-corrected chi connectivity index (χ4v) is 3.12. The van der Waals surface area contributed by atoms with Crippen LogP contribution in [-0.4, -0.2) is 68.1 Å². The molecule has 1 heterocycles. The zero-order valence-corrected chi connectivity index (χ0v) is 16.9. The van der Waals surface area contributed by atoms with Crippen molar-refractivity contribution in [1.82, 2.24) is 20.4 Å². The van der Waals surface area contributed by atoms with Gasteiger partial charge in [-0.2, -0.15) is 0 Å². The number of nitrogens with zero attached hydrogens (tertiary/aromatic N) is 2. The number of halogens is 2. The van der Waals surface area contributed by atoms with Gasteiger partial charge < -0.3 is 10.6 Å². The van der Waals surface area contributed by atoms with E-state index in [9.17, 15) is 4.79 Å². The zero-order valence-electron chi connectivity index (χ0n) is 15.2. The number of carbonyl (C=O) groups is 1. The van der Waals surface area contributed by atoms with Crippen molar-refractivity contribution in [3.63, 3.8) is 0 Å². The molecule has 0 saturated carbocycles. The highest BCUT2D eigenvalue weighted by Crippen LogP contribution is 2.20. The van der Waals surface area contributed by atoms with Gasteiger partial charge in [0.25, 0.3) is 0 Å². The van der Waals surface area contributed by atoms with Crippen LogP contribution in [-0.2, 0) is 4.79 Å². The molecule has 0 aromatic heterocycles. The van der Waals surface area contributed by atoms with Crippen LogP contribution in [0.5, 0.6) is 0 Å². The third-order valence-corrected chi connectivity index (χ3v) is 4.48. The molecule has 5 nitrogen and oxygen atoms in total. The van der Waals surface area contributed by atoms with Crippen LogP contribution in [0.15, 0.2) is 30.3 Å². The minimum absolute atomic E-state index is 0. The van der Waals surface area contributed by atoms with Crippen LogP contribution in [0.2, 0.25) is 0 Å². The first-order valence-electron chi connectivity index (χ1n) is 8.76. The molecule has 1 amide bonds. The predicted molar refractivity (Wildman–Crippen MR) is 109 cm³/mol. The molecule has 0 aliphatic carbocycles. The van der Waals surface area contributed by atoms with E-state index in [-0.39, 0.29) is 36.8 Å². The number of nitrogens with one attached hydrogen (secondary N) is 2. The molecule has 1 fully saturated rings. The average molecular weight is 391 g/mol. The van der Waals surface area contributed by atoms with E-state index < -0.39 is 0 Å². The Kier molecular flexibility index (Phi) is 12.9. The highest BCUT2D eigenvalue weighted by molar-refractivity contribution is 5.85. The van der Waals surface area contributed by atoms with Crippen molar-refractivity contribution in [3.05, 3.63) is 35.9 Å². The van der Waals surface area contributed by atoms with Crippen molar-refractivity contribution in [2.45, 2.75) is 19.9 Å². The standard InChI is InChI=1S/C18H30N4O.2ClH/c1-3-22(4-2)17(16-8-6-5-7-9-16)18(23)20-12-15-21-13-10-19-11-14-21;;/h5-9,17,19H,3-4,10-15H2,1-2H3,(H,20,23);2*1H. The number of rotatable bonds is 8. The molecule has 1 saturated heterocycles. The minimum atomic E-state index is -0.200. The monoisotopic (exact) mass is 390 g/mol. The molecule has 1 atom stereocenters. The van der Waals surface area contributed by atoms with Gasteiger partial charge in [-0.3, -0.25) is 14.6 Å². The lowest BCUT2D eigenvalue weighted by atomic mass is 10.0. The number of benzene rings is 1. The van der Waals surface area contributed by atoms with Crippen LogP contribution >= 0.6 is 24.8 Å². The van der Waals surface area contributed by atoms with Gasteiger partial charge in [-0.25, -0.2) is 0 Å². The fraction of sp³-hybridized carbons (Fsp3) is 0.611. The Balaban J connectivity index is 0.00000288. The van der Waals surface area contributed by atoms with E-state index in [1.165, 1.54) is 0 Å². The summed E-state index contributed by atoms with van der Waals surface area (Å²) in [4.78, 5) is 17.4. The van der Waals surface area contributed by atoms with Gasteiger partial charge in [-0.1, -0.05) is 44.2 Å². The molecule has 1 aliphatic heterocycles. The number of likely N-dealkylation sites (N-methyl/N-ethyl adjacent to an activating group) is 1. The van der Waals surface area contributed by atoms with Crippen molar-refractivity contribution in [2.24, 2.45) is 0 Å². The summed E-state index contributed by atoms with van der Waals surface area (Å²) in [6.07, 6.45) is 0. The molecule has 0 radical (unpaired) electrons. The number of hydrogen-bond donors (Lipinski definition) is 2. The van der Waals surface area contributed by atoms with Crippen molar-refractivity contribution in [2.75, 3.05) is 52.4 Å². The molecule has 0 bridgehead atoms. The van der Waals surface area contributed by atoms with Gasteiger partial charge in [0, 0.05) is 39.3 Å². The van der Waals surface area contributed by atoms with Gasteiger partial charge >= 0.3 is 0 Å².